The van der Waals surface area contributed by atoms with Gasteiger partial charge in [0, 0.05) is 16.3 Å². The predicted molar refractivity (Wildman–Crippen MR) is 170 cm³/mol. The number of aromatic nitrogens is 2. The minimum atomic E-state index is -1.09. The number of Topliss-reactive ketones (excluding diaryl/α,β-unsaturated/α-hetero) is 1. The number of anilines is 1. The maximum absolute atomic E-state index is 14.5. The molecule has 0 aliphatic carbocycles. The number of aliphatic hydroxyl groups excluding tert-OH is 1. The molecule has 2 heterocycles. The third-order valence-corrected chi connectivity index (χ3v) is 9.43. The molecule has 4 aromatic carbocycles. The van der Waals surface area contributed by atoms with E-state index >= 15 is 0 Å². The van der Waals surface area contributed by atoms with Gasteiger partial charge in [-0.25, -0.2) is 4.39 Å². The molecule has 0 saturated carbocycles. The van der Waals surface area contributed by atoms with Crippen LogP contribution < -0.4 is 9.64 Å². The monoisotopic (exact) mass is 643 g/mol. The van der Waals surface area contributed by atoms with Gasteiger partial charge in [0.2, 0.25) is 5.13 Å². The zero-order chi connectivity index (χ0) is 30.8. The highest BCUT2D eigenvalue weighted by Gasteiger charge is 2.48. The van der Waals surface area contributed by atoms with E-state index in [2.05, 4.69) is 10.2 Å². The van der Waals surface area contributed by atoms with Gasteiger partial charge in [-0.3, -0.25) is 14.5 Å². The Morgan fingerprint density at radius 2 is 1.73 bits per heavy atom. The highest BCUT2D eigenvalue weighted by Crippen LogP contribution is 2.45. The Labute approximate surface area is 265 Å². The molecule has 1 amide bonds. The molecule has 1 fully saturated rings. The van der Waals surface area contributed by atoms with Crippen molar-refractivity contribution in [2.45, 2.75) is 23.1 Å². The van der Waals surface area contributed by atoms with Gasteiger partial charge < -0.3 is 9.84 Å². The second-order valence-corrected chi connectivity index (χ2v) is 12.4. The maximum atomic E-state index is 14.5. The van der Waals surface area contributed by atoms with E-state index in [1.807, 2.05) is 36.4 Å². The van der Waals surface area contributed by atoms with Crippen molar-refractivity contribution in [2.75, 3.05) is 4.90 Å². The van der Waals surface area contributed by atoms with Crippen molar-refractivity contribution in [1.82, 2.24) is 10.2 Å². The molecular formula is C33H23ClFN3O4S2. The highest BCUT2D eigenvalue weighted by atomic mass is 35.5. The van der Waals surface area contributed by atoms with Crippen molar-refractivity contribution in [2.24, 2.45) is 0 Å². The van der Waals surface area contributed by atoms with E-state index in [1.165, 1.54) is 28.8 Å². The fourth-order valence-electron chi connectivity index (χ4n) is 4.73. The van der Waals surface area contributed by atoms with Crippen LogP contribution in [0.2, 0.25) is 5.02 Å². The number of benzene rings is 4. The molecule has 44 heavy (non-hydrogen) atoms. The molecule has 0 spiro atoms. The third-order valence-electron chi connectivity index (χ3n) is 6.95. The molecule has 1 aliphatic heterocycles. The number of aryl methyl sites for hydroxylation is 1. The first kappa shape index (κ1) is 29.6. The largest absolute Gasteiger partial charge is 0.507 e. The summed E-state index contributed by atoms with van der Waals surface area (Å²) in [6, 6.07) is 26.5. The first-order valence-corrected chi connectivity index (χ1v) is 15.6. The van der Waals surface area contributed by atoms with Gasteiger partial charge in [-0.2, -0.15) is 0 Å². The maximum Gasteiger partial charge on any atom is 0.301 e. The fraction of sp³-hybridized carbons (Fsp3) is 0.0909. The number of halogens is 2. The molecule has 220 valence electrons. The van der Waals surface area contributed by atoms with E-state index in [9.17, 15) is 19.1 Å². The summed E-state index contributed by atoms with van der Waals surface area (Å²) in [5.74, 6) is -1.30. The second-order valence-electron chi connectivity index (χ2n) is 9.85. The van der Waals surface area contributed by atoms with Crippen LogP contribution in [0.1, 0.15) is 28.3 Å². The lowest BCUT2D eigenvalue weighted by Gasteiger charge is -2.23. The Morgan fingerprint density at radius 1 is 0.977 bits per heavy atom. The first-order valence-electron chi connectivity index (χ1n) is 13.4. The molecule has 7 nitrogen and oxygen atoms in total. The summed E-state index contributed by atoms with van der Waals surface area (Å²) in [5, 5.41) is 20.7. The Balaban J connectivity index is 1.41. The first-order chi connectivity index (χ1) is 21.3. The van der Waals surface area contributed by atoms with E-state index < -0.39 is 29.3 Å². The van der Waals surface area contributed by atoms with Crippen LogP contribution in [0.15, 0.2) is 107 Å². The normalized spacial score (nSPS) is 16.0. The van der Waals surface area contributed by atoms with Gasteiger partial charge in [0.25, 0.3) is 5.78 Å². The molecule has 1 atom stereocenters. The number of nitrogens with zero attached hydrogens (tertiary/aromatic N) is 3. The molecule has 6 rings (SSSR count). The van der Waals surface area contributed by atoms with Gasteiger partial charge in [-0.15, -0.1) is 10.2 Å². The van der Waals surface area contributed by atoms with Crippen LogP contribution in [0.3, 0.4) is 0 Å². The van der Waals surface area contributed by atoms with Crippen molar-refractivity contribution < 1.29 is 23.8 Å². The minimum Gasteiger partial charge on any atom is -0.507 e. The zero-order valence-electron chi connectivity index (χ0n) is 23.1. The summed E-state index contributed by atoms with van der Waals surface area (Å²) < 4.78 is 21.1. The molecule has 1 N–H and O–H groups in total. The fourth-order valence-corrected chi connectivity index (χ4v) is 6.88. The quantitative estimate of drug-likeness (QED) is 0.0597. The number of hydrogen-bond donors (Lipinski definition) is 1. The Bertz CT molecular complexity index is 1910. The molecular weight excluding hydrogens is 621 g/mol. The number of ketones is 1. The minimum absolute atomic E-state index is 0.0704. The van der Waals surface area contributed by atoms with Crippen molar-refractivity contribution in [3.8, 4) is 11.5 Å². The third kappa shape index (κ3) is 5.96. The summed E-state index contributed by atoms with van der Waals surface area (Å²) in [6.45, 7) is 1.59. The van der Waals surface area contributed by atoms with Crippen molar-refractivity contribution in [3.63, 3.8) is 0 Å². The molecule has 0 bridgehead atoms. The molecule has 1 saturated heterocycles. The van der Waals surface area contributed by atoms with Crippen LogP contribution in [-0.2, 0) is 15.3 Å². The van der Waals surface area contributed by atoms with E-state index in [0.717, 1.165) is 23.0 Å². The number of ether oxygens (including phenoxy) is 1. The predicted octanol–water partition coefficient (Wildman–Crippen LogP) is 8.35. The topological polar surface area (TPSA) is 92.6 Å². The van der Waals surface area contributed by atoms with Crippen molar-refractivity contribution in [3.05, 3.63) is 136 Å². The van der Waals surface area contributed by atoms with Crippen molar-refractivity contribution in [1.29, 1.82) is 0 Å². The molecule has 0 unspecified atom stereocenters. The average molecular weight is 644 g/mol. The van der Waals surface area contributed by atoms with Gasteiger partial charge >= 0.3 is 5.91 Å². The van der Waals surface area contributed by atoms with Crippen LogP contribution in [0, 0.1) is 12.7 Å². The molecule has 11 heteroatoms. The van der Waals surface area contributed by atoms with E-state index in [1.54, 1.807) is 49.4 Å². The van der Waals surface area contributed by atoms with Crippen LogP contribution in [0.25, 0.3) is 5.76 Å². The van der Waals surface area contributed by atoms with Crippen LogP contribution in [0.4, 0.5) is 9.52 Å². The lowest BCUT2D eigenvalue weighted by Crippen LogP contribution is -2.29. The number of carbonyl (C=O) groups is 2. The number of aliphatic hydroxyl groups is 1. The van der Waals surface area contributed by atoms with Gasteiger partial charge in [-0.1, -0.05) is 95.4 Å². The number of rotatable bonds is 8. The lowest BCUT2D eigenvalue weighted by molar-refractivity contribution is -0.132. The number of para-hydroxylation sites is 1. The SMILES string of the molecule is Cc1ccc(C(O)=C2C(=O)C(=O)N(c3nnc(SCc4ccccc4Cl)s3)[C@@H]2c2cccc(Oc3ccccc3)c2)cc1F. The summed E-state index contributed by atoms with van der Waals surface area (Å²) >= 11 is 8.83. The van der Waals surface area contributed by atoms with Crippen LogP contribution in [-0.4, -0.2) is 27.0 Å². The van der Waals surface area contributed by atoms with Gasteiger partial charge in [0.1, 0.15) is 23.1 Å². The molecule has 1 aromatic heterocycles. The van der Waals surface area contributed by atoms with Crippen LogP contribution >= 0.6 is 34.7 Å². The molecule has 0 radical (unpaired) electrons. The average Bonchev–Trinajstić information content (AvgIpc) is 3.60. The Morgan fingerprint density at radius 3 is 2.50 bits per heavy atom. The summed E-state index contributed by atoms with van der Waals surface area (Å²) in [4.78, 5) is 28.4. The van der Waals surface area contributed by atoms with Gasteiger partial charge in [-0.05, 0) is 60.0 Å². The smallest absolute Gasteiger partial charge is 0.301 e. The highest BCUT2D eigenvalue weighted by molar-refractivity contribution is 8.00. The molecule has 1 aliphatic rings. The summed E-state index contributed by atoms with van der Waals surface area (Å²) in [5.41, 5.74) is 1.64. The van der Waals surface area contributed by atoms with Gasteiger partial charge in [0.05, 0.1) is 11.6 Å². The second kappa shape index (κ2) is 12.6. The summed E-state index contributed by atoms with van der Waals surface area (Å²) in [7, 11) is 0. The van der Waals surface area contributed by atoms with Crippen molar-refractivity contribution >= 4 is 57.3 Å². The number of hydrogen-bond acceptors (Lipinski definition) is 8. The lowest BCUT2D eigenvalue weighted by atomic mass is 9.95. The Hall–Kier alpha value is -4.51. The Kier molecular flexibility index (Phi) is 8.47. The van der Waals surface area contributed by atoms with E-state index in [0.29, 0.717) is 37.7 Å². The standard InChI is InChI=1S/C33H23ClFN3O4S2/c1-19-14-15-21(17-26(19)35)29(39)27-28(20-9-7-12-24(16-20)42-23-10-3-2-4-11-23)38(31(41)30(27)40)32-36-37-33(44-32)43-18-22-8-5-6-13-25(22)34/h2-17,28,39H,18H2,1H3/t28-/m1/s1. The number of amides is 1. The number of thioether (sulfide) groups is 1. The number of carbonyl (C=O) groups excluding carboxylic acids is 2. The van der Waals surface area contributed by atoms with E-state index in [4.69, 9.17) is 16.3 Å². The summed E-state index contributed by atoms with van der Waals surface area (Å²) in [6.07, 6.45) is 0. The van der Waals surface area contributed by atoms with Crippen LogP contribution in [0.5, 0.6) is 11.5 Å². The molecule has 5 aromatic rings. The van der Waals surface area contributed by atoms with E-state index in [-0.39, 0.29) is 16.3 Å². The van der Waals surface area contributed by atoms with Gasteiger partial charge in [0.15, 0.2) is 4.34 Å². The zero-order valence-corrected chi connectivity index (χ0v) is 25.5.